The maximum atomic E-state index is 2.67. The standard InChI is InChI=1S/C66H43N5/c1-11-31-52-42(21-1)43-22-2-12-32-53(43)67(52)62-41-63(68-54-33-13-3-23-44(54)45-24-4-14-34-55(45)68)65(70-58-37-17-7-27-48(58)49-28-8-18-38-59(49)70)66(71-60-39-19-9-29-50(60)51-30-10-20-40-61(51)71)64(62)69-56-35-15-5-25-46(56)47-26-6-16-36-57(47)69/h1-42,52H. The maximum absolute atomic E-state index is 2.67. The van der Waals surface area contributed by atoms with Crippen LogP contribution in [0.1, 0.15) is 11.5 Å². The average molecular weight is 906 g/mol. The van der Waals surface area contributed by atoms with Gasteiger partial charge in [-0.25, -0.2) is 0 Å². The number of hydrogen-bond acceptors (Lipinski definition) is 1. The molecule has 0 saturated carbocycles. The molecule has 16 rings (SSSR count). The van der Waals surface area contributed by atoms with Gasteiger partial charge >= 0.3 is 0 Å². The fourth-order valence-corrected chi connectivity index (χ4v) is 12.9. The highest BCUT2D eigenvalue weighted by Gasteiger charge is 2.41. The third-order valence-electron chi connectivity index (χ3n) is 15.7. The normalized spacial score (nSPS) is 15.5. The molecule has 5 heteroatoms. The molecule has 5 heterocycles. The molecule has 10 aromatic carbocycles. The van der Waals surface area contributed by atoms with E-state index in [1.807, 2.05) is 0 Å². The lowest BCUT2D eigenvalue weighted by Crippen LogP contribution is -2.30. The number of nitrogens with zero attached hydrogens (tertiary/aromatic N) is 5. The van der Waals surface area contributed by atoms with E-state index < -0.39 is 0 Å². The minimum absolute atomic E-state index is 0.0142. The SMILES string of the molecule is C1=CC2c3ccccc3N(c3cc(-n4c5ccccc5c5ccccc54)c(-n4c5ccccc5c5ccccc54)c(-n4c5ccccc5c5ccccc54)c3-n3c4ccccc4c4ccccc43)C2C=C1. The van der Waals surface area contributed by atoms with Gasteiger partial charge in [-0.15, -0.1) is 0 Å². The van der Waals surface area contributed by atoms with Crippen LogP contribution in [0.3, 0.4) is 0 Å². The Morgan fingerprint density at radius 1 is 0.254 bits per heavy atom. The average Bonchev–Trinajstić information content (AvgIpc) is 4.23. The van der Waals surface area contributed by atoms with Crippen LogP contribution in [0.4, 0.5) is 11.4 Å². The number of aromatic nitrogens is 4. The van der Waals surface area contributed by atoms with Crippen LogP contribution in [-0.4, -0.2) is 24.3 Å². The van der Waals surface area contributed by atoms with Crippen molar-refractivity contribution in [3.8, 4) is 22.7 Å². The van der Waals surface area contributed by atoms with Gasteiger partial charge in [0.05, 0.1) is 78.6 Å². The van der Waals surface area contributed by atoms with Crippen LogP contribution in [0.15, 0.2) is 249 Å². The van der Waals surface area contributed by atoms with Crippen LogP contribution in [0.2, 0.25) is 0 Å². The van der Waals surface area contributed by atoms with E-state index in [9.17, 15) is 0 Å². The van der Waals surface area contributed by atoms with Crippen LogP contribution in [0, 0.1) is 0 Å². The number of benzene rings is 10. The molecule has 0 spiro atoms. The molecule has 332 valence electrons. The minimum Gasteiger partial charge on any atom is -0.331 e. The van der Waals surface area contributed by atoms with Gasteiger partial charge in [0, 0.05) is 54.7 Å². The summed E-state index contributed by atoms with van der Waals surface area (Å²) in [5.41, 5.74) is 17.2. The van der Waals surface area contributed by atoms with E-state index in [1.165, 1.54) is 54.3 Å². The van der Waals surface area contributed by atoms with E-state index in [2.05, 4.69) is 272 Å². The predicted octanol–water partition coefficient (Wildman–Crippen LogP) is 16.8. The van der Waals surface area contributed by atoms with Crippen molar-refractivity contribution >= 4 is 98.6 Å². The van der Waals surface area contributed by atoms with E-state index in [1.54, 1.807) is 0 Å². The van der Waals surface area contributed by atoms with E-state index in [4.69, 9.17) is 0 Å². The highest BCUT2D eigenvalue weighted by molar-refractivity contribution is 6.16. The van der Waals surface area contributed by atoms with E-state index in [0.717, 1.165) is 72.6 Å². The second kappa shape index (κ2) is 14.6. The Hall–Kier alpha value is -9.32. The first-order valence-corrected chi connectivity index (χ1v) is 24.7. The first-order chi connectivity index (χ1) is 35.3. The number of para-hydroxylation sites is 9. The quantitative estimate of drug-likeness (QED) is 0.169. The summed E-state index contributed by atoms with van der Waals surface area (Å²) in [7, 11) is 0. The summed E-state index contributed by atoms with van der Waals surface area (Å²) in [5.74, 6) is 0.160. The summed E-state index contributed by atoms with van der Waals surface area (Å²) in [6, 6.07) is 83.6. The summed E-state index contributed by atoms with van der Waals surface area (Å²) >= 11 is 0. The van der Waals surface area contributed by atoms with Gasteiger partial charge < -0.3 is 23.2 Å². The summed E-state index contributed by atoms with van der Waals surface area (Å²) in [5, 5.41) is 9.70. The van der Waals surface area contributed by atoms with E-state index >= 15 is 0 Å². The topological polar surface area (TPSA) is 23.0 Å². The second-order valence-electron chi connectivity index (χ2n) is 19.2. The zero-order chi connectivity index (χ0) is 46.3. The molecule has 2 atom stereocenters. The lowest BCUT2D eigenvalue weighted by atomic mass is 9.91. The second-order valence-corrected chi connectivity index (χ2v) is 19.2. The molecule has 5 nitrogen and oxygen atoms in total. The molecular weight excluding hydrogens is 863 g/mol. The monoisotopic (exact) mass is 905 g/mol. The molecule has 0 radical (unpaired) electrons. The minimum atomic E-state index is 0.0142. The van der Waals surface area contributed by atoms with Crippen molar-refractivity contribution in [1.82, 2.24) is 18.3 Å². The summed E-state index contributed by atoms with van der Waals surface area (Å²) in [4.78, 5) is 2.67. The summed E-state index contributed by atoms with van der Waals surface area (Å²) < 4.78 is 10.4. The molecule has 0 N–H and O–H groups in total. The van der Waals surface area contributed by atoms with Crippen LogP contribution in [0.5, 0.6) is 0 Å². The first kappa shape index (κ1) is 38.6. The number of fused-ring (bicyclic) bond motifs is 15. The van der Waals surface area contributed by atoms with Crippen molar-refractivity contribution in [3.05, 3.63) is 254 Å². The Bertz CT molecular complexity index is 4410. The van der Waals surface area contributed by atoms with Crippen LogP contribution >= 0.6 is 0 Å². The number of allylic oxidation sites excluding steroid dienone is 2. The lowest BCUT2D eigenvalue weighted by molar-refractivity contribution is 0.743. The Morgan fingerprint density at radius 3 is 0.972 bits per heavy atom. The Kier molecular flexibility index (Phi) is 7.94. The van der Waals surface area contributed by atoms with E-state index in [0.29, 0.717) is 0 Å². The Labute approximate surface area is 408 Å². The van der Waals surface area contributed by atoms with Crippen LogP contribution < -0.4 is 4.90 Å². The molecule has 0 saturated heterocycles. The van der Waals surface area contributed by atoms with Gasteiger partial charge in [-0.05, 0) is 66.2 Å². The van der Waals surface area contributed by atoms with Gasteiger partial charge in [0.2, 0.25) is 0 Å². The van der Waals surface area contributed by atoms with Crippen molar-refractivity contribution < 1.29 is 0 Å². The molecule has 1 aliphatic heterocycles. The van der Waals surface area contributed by atoms with Crippen molar-refractivity contribution in [2.75, 3.05) is 4.90 Å². The van der Waals surface area contributed by atoms with Gasteiger partial charge in [0.15, 0.2) is 0 Å². The number of hydrogen-bond donors (Lipinski definition) is 0. The molecule has 1 aliphatic carbocycles. The van der Waals surface area contributed by atoms with Crippen LogP contribution in [-0.2, 0) is 0 Å². The van der Waals surface area contributed by atoms with Gasteiger partial charge in [-0.3, -0.25) is 0 Å². The first-order valence-electron chi connectivity index (χ1n) is 24.7. The van der Waals surface area contributed by atoms with Crippen molar-refractivity contribution in [2.45, 2.75) is 12.0 Å². The van der Waals surface area contributed by atoms with Crippen molar-refractivity contribution in [3.63, 3.8) is 0 Å². The molecule has 4 aromatic heterocycles. The van der Waals surface area contributed by atoms with Gasteiger partial charge in [0.25, 0.3) is 0 Å². The zero-order valence-corrected chi connectivity index (χ0v) is 38.6. The smallest absolute Gasteiger partial charge is 0.0990 e. The highest BCUT2D eigenvalue weighted by Crippen LogP contribution is 2.55. The van der Waals surface area contributed by atoms with Gasteiger partial charge in [-0.2, -0.15) is 0 Å². The molecule has 71 heavy (non-hydrogen) atoms. The third kappa shape index (κ3) is 5.19. The molecule has 0 fully saturated rings. The zero-order valence-electron chi connectivity index (χ0n) is 38.6. The van der Waals surface area contributed by atoms with Gasteiger partial charge in [0.1, 0.15) is 0 Å². The predicted molar refractivity (Wildman–Crippen MR) is 297 cm³/mol. The lowest BCUT2D eigenvalue weighted by Gasteiger charge is -2.34. The third-order valence-corrected chi connectivity index (χ3v) is 15.7. The maximum Gasteiger partial charge on any atom is 0.0990 e. The number of anilines is 2. The molecule has 2 unspecified atom stereocenters. The molecule has 0 amide bonds. The molecule has 2 aliphatic rings. The highest BCUT2D eigenvalue weighted by atomic mass is 15.2. The molecule has 14 aromatic rings. The van der Waals surface area contributed by atoms with Crippen molar-refractivity contribution in [1.29, 1.82) is 0 Å². The molecular formula is C66H43N5. The summed E-state index contributed by atoms with van der Waals surface area (Å²) in [6.07, 6.45) is 9.29. The Balaban J connectivity index is 1.25. The van der Waals surface area contributed by atoms with Crippen LogP contribution in [0.25, 0.3) is 110 Å². The summed E-state index contributed by atoms with van der Waals surface area (Å²) in [6.45, 7) is 0. The fourth-order valence-electron chi connectivity index (χ4n) is 12.9. The Morgan fingerprint density at radius 2 is 0.563 bits per heavy atom. The van der Waals surface area contributed by atoms with E-state index in [-0.39, 0.29) is 12.0 Å². The number of rotatable bonds is 5. The van der Waals surface area contributed by atoms with Gasteiger partial charge in [-0.1, -0.05) is 188 Å². The van der Waals surface area contributed by atoms with Crippen molar-refractivity contribution in [2.24, 2.45) is 0 Å². The molecule has 0 bridgehead atoms. The fraction of sp³-hybridized carbons (Fsp3) is 0.0303. The largest absolute Gasteiger partial charge is 0.331 e.